The number of methoxy groups -OCH3 is 2. The van der Waals surface area contributed by atoms with Crippen LogP contribution in [0.1, 0.15) is 28.4 Å². The maximum atomic E-state index is 12.4. The van der Waals surface area contributed by atoms with Gasteiger partial charge in [-0.25, -0.2) is 0 Å². The Kier molecular flexibility index (Phi) is 7.28. The molecule has 0 radical (unpaired) electrons. The molecule has 1 amide bonds. The third-order valence-electron chi connectivity index (χ3n) is 4.90. The minimum atomic E-state index is -0.106. The van der Waals surface area contributed by atoms with Gasteiger partial charge in [0.15, 0.2) is 11.5 Å². The standard InChI is InChI=1S/C22H28N2O4/c1-26-19-10-9-18(15-20(19)27-2)22(25)23-11-6-12-24-13-14-28-21(16-24)17-7-4-3-5-8-17/h3-5,7-10,15,21H,6,11-14,16H2,1-2H3,(H,23,25). The van der Waals surface area contributed by atoms with Gasteiger partial charge in [-0.05, 0) is 30.2 Å². The molecule has 150 valence electrons. The van der Waals surface area contributed by atoms with Crippen LogP contribution in [0.25, 0.3) is 0 Å². The predicted octanol–water partition coefficient (Wildman–Crippen LogP) is 2.90. The summed E-state index contributed by atoms with van der Waals surface area (Å²) in [5.74, 6) is 1.06. The molecule has 0 spiro atoms. The average Bonchev–Trinajstić information content (AvgIpc) is 2.76. The molecular formula is C22H28N2O4. The minimum Gasteiger partial charge on any atom is -0.493 e. The first kappa shape index (κ1) is 20.2. The molecule has 1 N–H and O–H groups in total. The zero-order chi connectivity index (χ0) is 19.8. The van der Waals surface area contributed by atoms with Gasteiger partial charge >= 0.3 is 0 Å². The first-order valence-corrected chi connectivity index (χ1v) is 9.60. The van der Waals surface area contributed by atoms with Crippen molar-refractivity contribution in [2.45, 2.75) is 12.5 Å². The van der Waals surface area contributed by atoms with Crippen LogP contribution in [-0.2, 0) is 4.74 Å². The molecule has 3 rings (SSSR count). The fraction of sp³-hybridized carbons (Fsp3) is 0.409. The van der Waals surface area contributed by atoms with Crippen molar-refractivity contribution in [2.24, 2.45) is 0 Å². The zero-order valence-electron chi connectivity index (χ0n) is 16.5. The van der Waals surface area contributed by atoms with E-state index in [9.17, 15) is 4.79 Å². The fourth-order valence-electron chi connectivity index (χ4n) is 3.36. The molecule has 1 heterocycles. The summed E-state index contributed by atoms with van der Waals surface area (Å²) in [5.41, 5.74) is 1.78. The SMILES string of the molecule is COc1ccc(C(=O)NCCCN2CCOC(c3ccccc3)C2)cc1OC. The summed E-state index contributed by atoms with van der Waals surface area (Å²) in [6, 6.07) is 15.5. The molecule has 0 aliphatic carbocycles. The van der Waals surface area contributed by atoms with Crippen molar-refractivity contribution in [3.05, 3.63) is 59.7 Å². The van der Waals surface area contributed by atoms with Crippen LogP contribution in [0.3, 0.4) is 0 Å². The van der Waals surface area contributed by atoms with Crippen LogP contribution < -0.4 is 14.8 Å². The molecule has 6 nitrogen and oxygen atoms in total. The van der Waals surface area contributed by atoms with Crippen LogP contribution >= 0.6 is 0 Å². The summed E-state index contributed by atoms with van der Waals surface area (Å²) in [6.07, 6.45) is 1.01. The Morgan fingerprint density at radius 2 is 1.93 bits per heavy atom. The molecule has 1 saturated heterocycles. The van der Waals surface area contributed by atoms with E-state index in [1.165, 1.54) is 5.56 Å². The number of morpholine rings is 1. The number of nitrogens with one attached hydrogen (secondary N) is 1. The summed E-state index contributed by atoms with van der Waals surface area (Å²) >= 11 is 0. The predicted molar refractivity (Wildman–Crippen MR) is 108 cm³/mol. The molecule has 0 saturated carbocycles. The Balaban J connectivity index is 1.43. The van der Waals surface area contributed by atoms with Crippen molar-refractivity contribution in [1.82, 2.24) is 10.2 Å². The second-order valence-corrected chi connectivity index (χ2v) is 6.75. The lowest BCUT2D eigenvalue weighted by atomic mass is 10.1. The topological polar surface area (TPSA) is 60.0 Å². The number of carbonyl (C=O) groups is 1. The normalized spacial score (nSPS) is 17.1. The highest BCUT2D eigenvalue weighted by atomic mass is 16.5. The molecule has 0 bridgehead atoms. The van der Waals surface area contributed by atoms with E-state index in [0.717, 1.165) is 32.7 Å². The highest BCUT2D eigenvalue weighted by Crippen LogP contribution is 2.27. The van der Waals surface area contributed by atoms with Gasteiger partial charge in [0.2, 0.25) is 0 Å². The summed E-state index contributed by atoms with van der Waals surface area (Å²) in [7, 11) is 3.14. The van der Waals surface area contributed by atoms with Gasteiger partial charge in [-0.2, -0.15) is 0 Å². The molecular weight excluding hydrogens is 356 g/mol. The average molecular weight is 384 g/mol. The van der Waals surface area contributed by atoms with Gasteiger partial charge in [-0.3, -0.25) is 9.69 Å². The number of nitrogens with zero attached hydrogens (tertiary/aromatic N) is 1. The van der Waals surface area contributed by atoms with Crippen LogP contribution in [0.2, 0.25) is 0 Å². The van der Waals surface area contributed by atoms with Gasteiger partial charge in [0.05, 0.1) is 26.9 Å². The first-order valence-electron chi connectivity index (χ1n) is 9.60. The van der Waals surface area contributed by atoms with E-state index >= 15 is 0 Å². The number of amides is 1. The van der Waals surface area contributed by atoms with Gasteiger partial charge in [0, 0.05) is 31.7 Å². The lowest BCUT2D eigenvalue weighted by Crippen LogP contribution is -2.39. The lowest BCUT2D eigenvalue weighted by molar-refractivity contribution is -0.0301. The maximum absolute atomic E-state index is 12.4. The van der Waals surface area contributed by atoms with Crippen LogP contribution in [0, 0.1) is 0 Å². The molecule has 28 heavy (non-hydrogen) atoms. The highest BCUT2D eigenvalue weighted by Gasteiger charge is 2.21. The third-order valence-corrected chi connectivity index (χ3v) is 4.90. The molecule has 1 atom stereocenters. The monoisotopic (exact) mass is 384 g/mol. The number of rotatable bonds is 8. The van der Waals surface area contributed by atoms with E-state index in [2.05, 4.69) is 22.3 Å². The molecule has 6 heteroatoms. The van der Waals surface area contributed by atoms with Crippen molar-refractivity contribution in [3.63, 3.8) is 0 Å². The van der Waals surface area contributed by atoms with Crippen molar-refractivity contribution < 1.29 is 19.0 Å². The Bertz CT molecular complexity index is 766. The van der Waals surface area contributed by atoms with Gasteiger partial charge in [0.25, 0.3) is 5.91 Å². The van der Waals surface area contributed by atoms with Crippen LogP contribution in [-0.4, -0.2) is 57.8 Å². The summed E-state index contributed by atoms with van der Waals surface area (Å²) in [4.78, 5) is 14.8. The molecule has 2 aromatic rings. The van der Waals surface area contributed by atoms with E-state index in [1.807, 2.05) is 18.2 Å². The number of hydrogen-bond acceptors (Lipinski definition) is 5. The van der Waals surface area contributed by atoms with Crippen LogP contribution in [0.4, 0.5) is 0 Å². The number of ether oxygens (including phenoxy) is 3. The van der Waals surface area contributed by atoms with E-state index in [4.69, 9.17) is 14.2 Å². The fourth-order valence-corrected chi connectivity index (χ4v) is 3.36. The Hall–Kier alpha value is -2.57. The summed E-state index contributed by atoms with van der Waals surface area (Å²) in [5, 5.41) is 2.98. The van der Waals surface area contributed by atoms with E-state index < -0.39 is 0 Å². The lowest BCUT2D eigenvalue weighted by Gasteiger charge is -2.33. The zero-order valence-corrected chi connectivity index (χ0v) is 16.5. The van der Waals surface area contributed by atoms with Crippen LogP contribution in [0.5, 0.6) is 11.5 Å². The van der Waals surface area contributed by atoms with Gasteiger partial charge < -0.3 is 19.5 Å². The van der Waals surface area contributed by atoms with E-state index in [1.54, 1.807) is 32.4 Å². The quantitative estimate of drug-likeness (QED) is 0.709. The van der Waals surface area contributed by atoms with Crippen molar-refractivity contribution in [1.29, 1.82) is 0 Å². The number of benzene rings is 2. The van der Waals surface area contributed by atoms with Gasteiger partial charge in [0.1, 0.15) is 0 Å². The van der Waals surface area contributed by atoms with Crippen molar-refractivity contribution >= 4 is 5.91 Å². The second-order valence-electron chi connectivity index (χ2n) is 6.75. The smallest absolute Gasteiger partial charge is 0.251 e. The third kappa shape index (κ3) is 5.24. The molecule has 1 fully saturated rings. The summed E-state index contributed by atoms with van der Waals surface area (Å²) < 4.78 is 16.4. The van der Waals surface area contributed by atoms with E-state index in [-0.39, 0.29) is 12.0 Å². The molecule has 0 aromatic heterocycles. The summed E-state index contributed by atoms with van der Waals surface area (Å²) in [6.45, 7) is 4.09. The number of hydrogen-bond donors (Lipinski definition) is 1. The molecule has 1 aliphatic heterocycles. The highest BCUT2D eigenvalue weighted by molar-refractivity contribution is 5.94. The van der Waals surface area contributed by atoms with Crippen molar-refractivity contribution in [3.8, 4) is 11.5 Å². The van der Waals surface area contributed by atoms with Crippen molar-refractivity contribution in [2.75, 3.05) is 47.0 Å². The number of carbonyl (C=O) groups excluding carboxylic acids is 1. The van der Waals surface area contributed by atoms with Gasteiger partial charge in [-0.15, -0.1) is 0 Å². The Morgan fingerprint density at radius 1 is 1.14 bits per heavy atom. The maximum Gasteiger partial charge on any atom is 0.251 e. The molecule has 1 aliphatic rings. The molecule has 2 aromatic carbocycles. The van der Waals surface area contributed by atoms with Crippen LogP contribution in [0.15, 0.2) is 48.5 Å². The van der Waals surface area contributed by atoms with Gasteiger partial charge in [-0.1, -0.05) is 30.3 Å². The second kappa shape index (κ2) is 10.1. The minimum absolute atomic E-state index is 0.106. The first-order chi connectivity index (χ1) is 13.7. The largest absolute Gasteiger partial charge is 0.493 e. The molecule has 1 unspecified atom stereocenters. The van der Waals surface area contributed by atoms with E-state index in [0.29, 0.717) is 23.6 Å². The Labute approximate surface area is 166 Å². The Morgan fingerprint density at radius 3 is 2.68 bits per heavy atom.